The molecule has 5 heteroatoms. The first kappa shape index (κ1) is 9.73. The molecule has 1 heterocycles. The smallest absolute Gasteiger partial charge is 0.334 e. The van der Waals surface area contributed by atoms with Crippen molar-refractivity contribution in [1.29, 1.82) is 0 Å². The van der Waals surface area contributed by atoms with Gasteiger partial charge >= 0.3 is 5.00 Å². The molecule has 0 saturated heterocycles. The van der Waals surface area contributed by atoms with Crippen LogP contribution in [0.5, 0.6) is 0 Å². The summed E-state index contributed by atoms with van der Waals surface area (Å²) in [4.78, 5) is 10.1. The van der Waals surface area contributed by atoms with E-state index in [-0.39, 0.29) is 5.00 Å². The summed E-state index contributed by atoms with van der Waals surface area (Å²) in [6, 6.07) is 1.64. The van der Waals surface area contributed by atoms with Crippen molar-refractivity contribution < 1.29 is 9.66 Å². The maximum atomic E-state index is 10.5. The summed E-state index contributed by atoms with van der Waals surface area (Å²) in [6.45, 7) is 5.88. The molecular weight excluding hydrogens is 190 g/mol. The molecule has 1 rings (SSSR count). The fourth-order valence-corrected chi connectivity index (χ4v) is 1.63. The largest absolute Gasteiger partial charge is 0.494 e. The zero-order valence-corrected chi connectivity index (χ0v) is 7.97. The van der Waals surface area contributed by atoms with Gasteiger partial charge in [-0.25, -0.2) is 0 Å². The van der Waals surface area contributed by atoms with Crippen LogP contribution in [0.15, 0.2) is 18.0 Å². The number of nitrogens with zero attached hydrogens (tertiary/aromatic N) is 1. The fraction of sp³-hybridized carbons (Fsp3) is 0.250. The molecule has 13 heavy (non-hydrogen) atoms. The number of hydrogen-bond donors (Lipinski definition) is 0. The lowest BCUT2D eigenvalue weighted by atomic mass is 10.3. The second-order valence-corrected chi connectivity index (χ2v) is 3.15. The van der Waals surface area contributed by atoms with Gasteiger partial charge in [-0.1, -0.05) is 17.9 Å². The molecule has 0 atom stereocenters. The van der Waals surface area contributed by atoms with E-state index < -0.39 is 4.92 Å². The Morgan fingerprint density at radius 1 is 1.85 bits per heavy atom. The van der Waals surface area contributed by atoms with Crippen molar-refractivity contribution in [3.63, 3.8) is 0 Å². The van der Waals surface area contributed by atoms with E-state index in [9.17, 15) is 10.1 Å². The molecule has 0 fully saturated rings. The number of ether oxygens (including phenoxy) is 1. The van der Waals surface area contributed by atoms with Crippen LogP contribution >= 0.6 is 11.3 Å². The maximum absolute atomic E-state index is 10.5. The van der Waals surface area contributed by atoms with E-state index in [1.807, 2.05) is 6.92 Å². The van der Waals surface area contributed by atoms with Crippen LogP contribution in [0.4, 0.5) is 5.00 Å². The highest BCUT2D eigenvalue weighted by Crippen LogP contribution is 2.30. The summed E-state index contributed by atoms with van der Waals surface area (Å²) in [5, 5.41) is 12.2. The van der Waals surface area contributed by atoms with Gasteiger partial charge in [0.15, 0.2) is 0 Å². The van der Waals surface area contributed by atoms with Gasteiger partial charge < -0.3 is 4.74 Å². The lowest BCUT2D eigenvalue weighted by molar-refractivity contribution is -0.380. The van der Waals surface area contributed by atoms with Gasteiger partial charge in [-0.2, -0.15) is 0 Å². The lowest BCUT2D eigenvalue weighted by Crippen LogP contribution is -1.92. The van der Waals surface area contributed by atoms with Crippen LogP contribution in [0.3, 0.4) is 0 Å². The van der Waals surface area contributed by atoms with Gasteiger partial charge in [-0.05, 0) is 18.4 Å². The molecule has 0 aliphatic rings. The second-order valence-electron chi connectivity index (χ2n) is 2.25. The predicted molar refractivity (Wildman–Crippen MR) is 51.6 cm³/mol. The standard InChI is InChI=1S/C8H9NO3S/c1-3-12-6(2)7-4-5-13-8(7)9(10)11/h4-5H,2-3H2,1H3. The first-order chi connectivity index (χ1) is 6.16. The average molecular weight is 199 g/mol. The SMILES string of the molecule is C=C(OCC)c1ccsc1[N+](=O)[O-]. The number of nitro groups is 1. The van der Waals surface area contributed by atoms with Crippen LogP contribution in [0.1, 0.15) is 12.5 Å². The Bertz CT molecular complexity index is 332. The fourth-order valence-electron chi connectivity index (χ4n) is 0.907. The topological polar surface area (TPSA) is 52.4 Å². The first-order valence-corrected chi connectivity index (χ1v) is 4.58. The highest BCUT2D eigenvalue weighted by atomic mass is 32.1. The first-order valence-electron chi connectivity index (χ1n) is 3.70. The van der Waals surface area contributed by atoms with Crippen molar-refractivity contribution in [2.45, 2.75) is 6.92 Å². The molecule has 0 N–H and O–H groups in total. The Morgan fingerprint density at radius 3 is 3.08 bits per heavy atom. The highest BCUT2D eigenvalue weighted by molar-refractivity contribution is 7.13. The summed E-state index contributed by atoms with van der Waals surface area (Å²) in [5.41, 5.74) is 0.469. The molecule has 0 saturated carbocycles. The van der Waals surface area contributed by atoms with Crippen molar-refractivity contribution in [1.82, 2.24) is 0 Å². The van der Waals surface area contributed by atoms with Crippen molar-refractivity contribution in [3.8, 4) is 0 Å². The molecule has 0 aromatic carbocycles. The Morgan fingerprint density at radius 2 is 2.54 bits per heavy atom. The Balaban J connectivity index is 2.93. The molecule has 0 amide bonds. The molecule has 1 aromatic rings. The molecule has 0 aliphatic heterocycles. The number of hydrogen-bond acceptors (Lipinski definition) is 4. The minimum atomic E-state index is -0.426. The maximum Gasteiger partial charge on any atom is 0.334 e. The third-order valence-electron chi connectivity index (χ3n) is 1.43. The number of thiophene rings is 1. The van der Waals surface area contributed by atoms with Gasteiger partial charge in [0.05, 0.1) is 11.5 Å². The summed E-state index contributed by atoms with van der Waals surface area (Å²) >= 11 is 1.07. The molecule has 0 spiro atoms. The molecule has 4 nitrogen and oxygen atoms in total. The zero-order valence-electron chi connectivity index (χ0n) is 7.15. The van der Waals surface area contributed by atoms with Crippen molar-refractivity contribution in [2.24, 2.45) is 0 Å². The molecule has 1 aromatic heterocycles. The van der Waals surface area contributed by atoms with E-state index in [1.54, 1.807) is 11.4 Å². The highest BCUT2D eigenvalue weighted by Gasteiger charge is 2.18. The van der Waals surface area contributed by atoms with Crippen molar-refractivity contribution >= 4 is 22.1 Å². The van der Waals surface area contributed by atoms with Gasteiger partial charge in [0.1, 0.15) is 11.3 Å². The van der Waals surface area contributed by atoms with Crippen molar-refractivity contribution in [2.75, 3.05) is 6.61 Å². The van der Waals surface area contributed by atoms with Crippen LogP contribution in [-0.4, -0.2) is 11.5 Å². The van der Waals surface area contributed by atoms with Gasteiger partial charge in [-0.15, -0.1) is 0 Å². The monoisotopic (exact) mass is 199 g/mol. The average Bonchev–Trinajstić information content (AvgIpc) is 2.52. The van der Waals surface area contributed by atoms with Crippen LogP contribution in [-0.2, 0) is 4.74 Å². The van der Waals surface area contributed by atoms with E-state index in [4.69, 9.17) is 4.74 Å². The Labute approximate surface area is 79.6 Å². The van der Waals surface area contributed by atoms with Crippen LogP contribution in [0, 0.1) is 10.1 Å². The van der Waals surface area contributed by atoms with E-state index >= 15 is 0 Å². The zero-order chi connectivity index (χ0) is 9.84. The molecular formula is C8H9NO3S. The number of rotatable bonds is 4. The van der Waals surface area contributed by atoms with Gasteiger partial charge in [0.2, 0.25) is 0 Å². The summed E-state index contributed by atoms with van der Waals surface area (Å²) in [5.74, 6) is 0.357. The van der Waals surface area contributed by atoms with Crippen LogP contribution in [0.25, 0.3) is 5.76 Å². The Hall–Kier alpha value is -1.36. The third-order valence-corrected chi connectivity index (χ3v) is 2.29. The Kier molecular flexibility index (Phi) is 3.02. The van der Waals surface area contributed by atoms with Gasteiger partial charge in [-0.3, -0.25) is 10.1 Å². The van der Waals surface area contributed by atoms with Crippen molar-refractivity contribution in [3.05, 3.63) is 33.7 Å². The summed E-state index contributed by atoms with van der Waals surface area (Å²) in [7, 11) is 0. The molecule has 0 radical (unpaired) electrons. The molecule has 0 bridgehead atoms. The molecule has 70 valence electrons. The van der Waals surface area contributed by atoms with E-state index in [0.717, 1.165) is 11.3 Å². The third kappa shape index (κ3) is 2.06. The predicted octanol–water partition coefficient (Wildman–Crippen LogP) is 2.66. The normalized spacial score (nSPS) is 9.62. The molecule has 0 aliphatic carbocycles. The lowest BCUT2D eigenvalue weighted by Gasteiger charge is -2.03. The van der Waals surface area contributed by atoms with Gasteiger partial charge in [0, 0.05) is 0 Å². The van der Waals surface area contributed by atoms with E-state index in [1.165, 1.54) is 0 Å². The minimum absolute atomic E-state index is 0.0819. The minimum Gasteiger partial charge on any atom is -0.494 e. The second kappa shape index (κ2) is 4.04. The van der Waals surface area contributed by atoms with E-state index in [0.29, 0.717) is 17.9 Å². The summed E-state index contributed by atoms with van der Waals surface area (Å²) < 4.78 is 5.08. The van der Waals surface area contributed by atoms with Gasteiger partial charge in [0.25, 0.3) is 0 Å². The van der Waals surface area contributed by atoms with E-state index in [2.05, 4.69) is 6.58 Å². The molecule has 0 unspecified atom stereocenters. The quantitative estimate of drug-likeness (QED) is 0.425. The summed E-state index contributed by atoms with van der Waals surface area (Å²) in [6.07, 6.45) is 0. The van der Waals surface area contributed by atoms with Crippen LogP contribution in [0.2, 0.25) is 0 Å². The van der Waals surface area contributed by atoms with Crippen LogP contribution < -0.4 is 0 Å².